The van der Waals surface area contributed by atoms with E-state index in [1.165, 1.54) is 16.7 Å². The molecule has 2 aromatic heterocycles. The normalized spacial score (nSPS) is 17.8. The molecule has 2 aliphatic heterocycles. The van der Waals surface area contributed by atoms with Gasteiger partial charge in [-0.2, -0.15) is 5.26 Å². The number of carbonyl (C=O) groups excluding carboxylic acids is 1. The zero-order valence-electron chi connectivity index (χ0n) is 18.5. The lowest BCUT2D eigenvalue weighted by atomic mass is 10.0. The lowest BCUT2D eigenvalue weighted by molar-refractivity contribution is -0.122. The van der Waals surface area contributed by atoms with E-state index in [4.69, 9.17) is 21.4 Å². The minimum Gasteiger partial charge on any atom is -0.467 e. The van der Waals surface area contributed by atoms with Gasteiger partial charge in [0.05, 0.1) is 30.9 Å². The van der Waals surface area contributed by atoms with E-state index in [9.17, 15) is 14.9 Å². The van der Waals surface area contributed by atoms with Crippen molar-refractivity contribution >= 4 is 46.1 Å². The van der Waals surface area contributed by atoms with Gasteiger partial charge in [0, 0.05) is 25.2 Å². The van der Waals surface area contributed by atoms with E-state index in [0.29, 0.717) is 59.0 Å². The third-order valence-corrected chi connectivity index (χ3v) is 7.03. The predicted molar refractivity (Wildman–Crippen MR) is 131 cm³/mol. The number of carbonyl (C=O) groups is 1. The molecule has 33 heavy (non-hydrogen) atoms. The van der Waals surface area contributed by atoms with Crippen molar-refractivity contribution in [2.45, 2.75) is 33.4 Å². The Kier molecular flexibility index (Phi) is 7.02. The zero-order chi connectivity index (χ0) is 23.5. The van der Waals surface area contributed by atoms with Gasteiger partial charge in [0.25, 0.3) is 11.5 Å². The first-order valence-corrected chi connectivity index (χ1v) is 12.0. The van der Waals surface area contributed by atoms with Crippen molar-refractivity contribution in [3.63, 3.8) is 0 Å². The SMILES string of the molecule is CCCn1c(N2CCOCC2)c(/C=C2\SC(=S)N(Cc3ccco3)C2=O)c(C)c(C#N)c1=O. The second kappa shape index (κ2) is 9.95. The smallest absolute Gasteiger partial charge is 0.270 e. The van der Waals surface area contributed by atoms with Crippen molar-refractivity contribution in [3.8, 4) is 6.07 Å². The Morgan fingerprint density at radius 1 is 1.30 bits per heavy atom. The molecular weight excluding hydrogens is 460 g/mol. The molecule has 10 heteroatoms. The molecule has 1 amide bonds. The summed E-state index contributed by atoms with van der Waals surface area (Å²) in [6, 6.07) is 5.63. The summed E-state index contributed by atoms with van der Waals surface area (Å²) in [5.74, 6) is 1.14. The molecule has 0 spiro atoms. The van der Waals surface area contributed by atoms with Gasteiger partial charge in [-0.05, 0) is 37.1 Å². The minimum absolute atomic E-state index is 0.0952. The topological polar surface area (TPSA) is 91.7 Å². The number of furan rings is 1. The van der Waals surface area contributed by atoms with E-state index in [2.05, 4.69) is 11.0 Å². The first kappa shape index (κ1) is 23.3. The molecule has 2 fully saturated rings. The number of hydrogen-bond acceptors (Lipinski definition) is 8. The number of pyridine rings is 1. The molecule has 0 bridgehead atoms. The van der Waals surface area contributed by atoms with Crippen LogP contribution in [0.1, 0.15) is 35.8 Å². The monoisotopic (exact) mass is 484 g/mol. The largest absolute Gasteiger partial charge is 0.467 e. The highest BCUT2D eigenvalue weighted by atomic mass is 32.2. The van der Waals surface area contributed by atoms with E-state index in [1.807, 2.05) is 6.92 Å². The average Bonchev–Trinajstić information content (AvgIpc) is 3.42. The molecule has 0 unspecified atom stereocenters. The molecule has 4 rings (SSSR count). The number of nitriles is 1. The summed E-state index contributed by atoms with van der Waals surface area (Å²) in [7, 11) is 0. The fraction of sp³-hybridized carbons (Fsp3) is 0.391. The quantitative estimate of drug-likeness (QED) is 0.456. The van der Waals surface area contributed by atoms with Crippen LogP contribution in [0.15, 0.2) is 32.5 Å². The Labute approximate surface area is 201 Å². The van der Waals surface area contributed by atoms with Crippen molar-refractivity contribution < 1.29 is 13.9 Å². The van der Waals surface area contributed by atoms with Gasteiger partial charge in [-0.15, -0.1) is 0 Å². The number of morpholine rings is 1. The molecule has 2 aliphatic rings. The van der Waals surface area contributed by atoms with Crippen LogP contribution in [0.4, 0.5) is 5.82 Å². The molecule has 0 aliphatic carbocycles. The number of ether oxygens (including phenoxy) is 1. The van der Waals surface area contributed by atoms with E-state index in [0.717, 1.165) is 12.2 Å². The maximum atomic E-state index is 13.2. The van der Waals surface area contributed by atoms with Gasteiger partial charge in [-0.3, -0.25) is 19.1 Å². The number of anilines is 1. The lowest BCUT2D eigenvalue weighted by Gasteiger charge is -2.33. The number of aromatic nitrogens is 1. The second-order valence-corrected chi connectivity index (χ2v) is 9.43. The Balaban J connectivity index is 1.84. The fourth-order valence-corrected chi connectivity index (χ4v) is 5.25. The van der Waals surface area contributed by atoms with Crippen molar-refractivity contribution in [1.29, 1.82) is 5.26 Å². The van der Waals surface area contributed by atoms with E-state index in [-0.39, 0.29) is 23.6 Å². The molecule has 172 valence electrons. The van der Waals surface area contributed by atoms with Crippen LogP contribution in [0.25, 0.3) is 6.08 Å². The summed E-state index contributed by atoms with van der Waals surface area (Å²) >= 11 is 6.68. The molecule has 4 heterocycles. The van der Waals surface area contributed by atoms with Crippen LogP contribution in [0.5, 0.6) is 0 Å². The van der Waals surface area contributed by atoms with E-state index < -0.39 is 0 Å². The van der Waals surface area contributed by atoms with Crippen molar-refractivity contribution in [1.82, 2.24) is 9.47 Å². The first-order chi connectivity index (χ1) is 16.0. The van der Waals surface area contributed by atoms with Crippen molar-refractivity contribution in [2.24, 2.45) is 0 Å². The number of hydrogen-bond donors (Lipinski definition) is 0. The van der Waals surface area contributed by atoms with Gasteiger partial charge in [0.2, 0.25) is 0 Å². The van der Waals surface area contributed by atoms with Crippen LogP contribution in [0.2, 0.25) is 0 Å². The predicted octanol–water partition coefficient (Wildman–Crippen LogP) is 3.27. The zero-order valence-corrected chi connectivity index (χ0v) is 20.1. The molecule has 2 saturated heterocycles. The molecule has 0 saturated carbocycles. The molecule has 0 radical (unpaired) electrons. The Hall–Kier alpha value is -2.87. The molecular formula is C23H24N4O4S2. The van der Waals surface area contributed by atoms with Crippen molar-refractivity contribution in [2.75, 3.05) is 31.2 Å². The molecule has 0 atom stereocenters. The van der Waals surface area contributed by atoms with Crippen LogP contribution in [0, 0.1) is 18.3 Å². The highest BCUT2D eigenvalue weighted by Crippen LogP contribution is 2.36. The number of thiocarbonyl (C=S) groups is 1. The van der Waals surface area contributed by atoms with Crippen LogP contribution >= 0.6 is 24.0 Å². The van der Waals surface area contributed by atoms with Crippen molar-refractivity contribution in [3.05, 3.63) is 56.1 Å². The molecule has 2 aromatic rings. The second-order valence-electron chi connectivity index (χ2n) is 7.75. The summed E-state index contributed by atoms with van der Waals surface area (Å²) in [5, 5.41) is 9.73. The van der Waals surface area contributed by atoms with Crippen LogP contribution in [-0.2, 0) is 22.6 Å². The third-order valence-electron chi connectivity index (χ3n) is 5.65. The van der Waals surface area contributed by atoms with Gasteiger partial charge in [0.15, 0.2) is 0 Å². The first-order valence-electron chi connectivity index (χ1n) is 10.7. The minimum atomic E-state index is -0.305. The van der Waals surface area contributed by atoms with Crippen LogP contribution < -0.4 is 10.5 Å². The van der Waals surface area contributed by atoms with Gasteiger partial charge in [-0.25, -0.2) is 0 Å². The van der Waals surface area contributed by atoms with Gasteiger partial charge < -0.3 is 14.1 Å². The highest BCUT2D eigenvalue weighted by molar-refractivity contribution is 8.26. The number of amides is 1. The summed E-state index contributed by atoms with van der Waals surface area (Å²) in [4.78, 5) is 30.4. The van der Waals surface area contributed by atoms with Gasteiger partial charge in [-0.1, -0.05) is 30.9 Å². The summed E-state index contributed by atoms with van der Waals surface area (Å²) in [6.07, 6.45) is 4.06. The van der Waals surface area contributed by atoms with E-state index >= 15 is 0 Å². The highest BCUT2D eigenvalue weighted by Gasteiger charge is 2.34. The molecule has 0 aromatic carbocycles. The van der Waals surface area contributed by atoms with Gasteiger partial charge >= 0.3 is 0 Å². The Morgan fingerprint density at radius 2 is 2.06 bits per heavy atom. The van der Waals surface area contributed by atoms with E-state index in [1.54, 1.807) is 36.0 Å². The third kappa shape index (κ3) is 4.49. The number of nitrogens with zero attached hydrogens (tertiary/aromatic N) is 4. The summed E-state index contributed by atoms with van der Waals surface area (Å²) in [5.41, 5.74) is 1.05. The number of thioether (sulfide) groups is 1. The Morgan fingerprint density at radius 3 is 2.70 bits per heavy atom. The molecule has 0 N–H and O–H groups in total. The number of rotatable bonds is 6. The summed E-state index contributed by atoms with van der Waals surface area (Å²) < 4.78 is 13.0. The van der Waals surface area contributed by atoms with Gasteiger partial charge in [0.1, 0.15) is 27.5 Å². The fourth-order valence-electron chi connectivity index (χ4n) is 4.02. The average molecular weight is 485 g/mol. The Bertz CT molecular complexity index is 1200. The molecule has 8 nitrogen and oxygen atoms in total. The van der Waals surface area contributed by atoms with Crippen LogP contribution in [-0.4, -0.2) is 46.0 Å². The van der Waals surface area contributed by atoms with Crippen LogP contribution in [0.3, 0.4) is 0 Å². The maximum Gasteiger partial charge on any atom is 0.270 e. The maximum absolute atomic E-state index is 13.2. The lowest BCUT2D eigenvalue weighted by Crippen LogP contribution is -2.41. The standard InChI is InChI=1S/C23H24N4O4S2/c1-3-6-26-20(25-7-10-30-11-8-25)17(15(2)18(13-24)21(26)28)12-19-22(29)27(23(32)33-19)14-16-5-4-9-31-16/h4-5,9,12H,3,6-8,10-11,14H2,1-2H3/b19-12-. The summed E-state index contributed by atoms with van der Waals surface area (Å²) in [6.45, 7) is 6.80.